The minimum absolute atomic E-state index is 0.0178. The van der Waals surface area contributed by atoms with E-state index in [1.807, 2.05) is 13.8 Å². The van der Waals surface area contributed by atoms with Crippen LogP contribution in [-0.2, 0) is 29.8 Å². The number of piperazine rings is 1. The van der Waals surface area contributed by atoms with Crippen molar-refractivity contribution < 1.29 is 31.1 Å². The number of nitrogens with zero attached hydrogens (tertiary/aromatic N) is 3. The van der Waals surface area contributed by atoms with Gasteiger partial charge in [-0.15, -0.1) is 0 Å². The van der Waals surface area contributed by atoms with Crippen LogP contribution in [0.1, 0.15) is 13.8 Å². The first-order chi connectivity index (χ1) is 14.6. The van der Waals surface area contributed by atoms with Crippen LogP contribution in [0.2, 0.25) is 0 Å². The van der Waals surface area contributed by atoms with E-state index in [1.54, 1.807) is 0 Å². The van der Waals surface area contributed by atoms with Crippen molar-refractivity contribution in [1.29, 1.82) is 0 Å². The van der Waals surface area contributed by atoms with Crippen LogP contribution >= 0.6 is 0 Å². The molecule has 3 aliphatic heterocycles. The number of nitrogens with one attached hydrogen (secondary N) is 1. The monoisotopic (exact) mass is 474 g/mol. The zero-order valence-corrected chi connectivity index (χ0v) is 19.0. The topological polar surface area (TPSA) is 126 Å². The largest absolute Gasteiger partial charge is 0.482 e. The Kier molecular flexibility index (Phi) is 6.00. The molecule has 11 nitrogen and oxygen atoms in total. The number of amides is 1. The molecule has 1 aromatic rings. The molecular weight excluding hydrogens is 448 g/mol. The molecule has 0 aromatic heterocycles. The Bertz CT molecular complexity index is 1060. The summed E-state index contributed by atoms with van der Waals surface area (Å²) in [6.07, 6.45) is -0.401. The molecule has 1 amide bonds. The zero-order valence-electron chi connectivity index (χ0n) is 17.4. The summed E-state index contributed by atoms with van der Waals surface area (Å²) in [6.45, 7) is 4.29. The summed E-state index contributed by atoms with van der Waals surface area (Å²) in [4.78, 5) is 11.5. The summed E-state index contributed by atoms with van der Waals surface area (Å²) in [5, 5.41) is 2.60. The quantitative estimate of drug-likeness (QED) is 0.634. The van der Waals surface area contributed by atoms with Gasteiger partial charge in [0, 0.05) is 39.3 Å². The predicted octanol–water partition coefficient (Wildman–Crippen LogP) is -0.322. The number of anilines is 1. The third-order valence-electron chi connectivity index (χ3n) is 5.46. The molecule has 0 radical (unpaired) electrons. The number of rotatable bonds is 4. The molecule has 172 valence electrons. The van der Waals surface area contributed by atoms with Crippen molar-refractivity contribution in [2.75, 3.05) is 51.2 Å². The maximum atomic E-state index is 13.1. The lowest BCUT2D eigenvalue weighted by Crippen LogP contribution is -2.57. The van der Waals surface area contributed by atoms with Crippen molar-refractivity contribution in [3.8, 4) is 5.75 Å². The number of sulfonamides is 1. The number of carbonyl (C=O) groups is 1. The zero-order chi connectivity index (χ0) is 22.4. The first-order valence-electron chi connectivity index (χ1n) is 10.0. The number of hydrogen-bond donors (Lipinski definition) is 1. The number of carbonyl (C=O) groups excluding carboxylic acids is 1. The smallest absolute Gasteiger partial charge is 0.282 e. The van der Waals surface area contributed by atoms with Gasteiger partial charge in [-0.2, -0.15) is 21.3 Å². The van der Waals surface area contributed by atoms with Gasteiger partial charge in [0.2, 0.25) is 10.0 Å². The minimum Gasteiger partial charge on any atom is -0.482 e. The van der Waals surface area contributed by atoms with Crippen molar-refractivity contribution in [3.63, 3.8) is 0 Å². The number of ether oxygens (including phenoxy) is 2. The van der Waals surface area contributed by atoms with Crippen LogP contribution in [0.3, 0.4) is 0 Å². The molecule has 1 aromatic carbocycles. The number of hydrogen-bond acceptors (Lipinski definition) is 7. The highest BCUT2D eigenvalue weighted by Gasteiger charge is 2.39. The summed E-state index contributed by atoms with van der Waals surface area (Å²) >= 11 is 0. The molecule has 2 atom stereocenters. The maximum Gasteiger partial charge on any atom is 0.282 e. The fraction of sp³-hybridized carbons (Fsp3) is 0.611. The molecule has 0 saturated carbocycles. The van der Waals surface area contributed by atoms with E-state index in [0.717, 1.165) is 0 Å². The summed E-state index contributed by atoms with van der Waals surface area (Å²) in [5.74, 6) is 0.0519. The van der Waals surface area contributed by atoms with E-state index in [0.29, 0.717) is 11.4 Å². The Hall–Kier alpha value is -1.77. The summed E-state index contributed by atoms with van der Waals surface area (Å²) in [7, 11) is -7.55. The Morgan fingerprint density at radius 3 is 2.19 bits per heavy atom. The highest BCUT2D eigenvalue weighted by atomic mass is 32.2. The molecule has 0 spiro atoms. The molecule has 4 rings (SSSR count). The summed E-state index contributed by atoms with van der Waals surface area (Å²) < 4.78 is 67.1. The molecule has 2 fully saturated rings. The average Bonchev–Trinajstić information content (AvgIpc) is 2.72. The van der Waals surface area contributed by atoms with Gasteiger partial charge < -0.3 is 14.8 Å². The van der Waals surface area contributed by atoms with Gasteiger partial charge in [0.1, 0.15) is 5.75 Å². The standard InChI is InChI=1S/C18H26N4O7S2/c1-13-10-22(11-14(2)29-13)31(26,27)21-7-5-20(6-8-21)30(24,25)15-3-4-17-16(9-15)19-18(23)12-28-17/h3-4,9,13-14H,5-8,10-12H2,1-2H3,(H,19,23). The van der Waals surface area contributed by atoms with Crippen molar-refractivity contribution in [1.82, 2.24) is 12.9 Å². The second kappa shape index (κ2) is 8.30. The molecule has 13 heteroatoms. The van der Waals surface area contributed by atoms with E-state index >= 15 is 0 Å². The van der Waals surface area contributed by atoms with Gasteiger partial charge in [0.25, 0.3) is 16.1 Å². The molecule has 31 heavy (non-hydrogen) atoms. The first-order valence-corrected chi connectivity index (χ1v) is 12.9. The van der Waals surface area contributed by atoms with Crippen LogP contribution in [0.5, 0.6) is 5.75 Å². The van der Waals surface area contributed by atoms with E-state index in [1.165, 1.54) is 31.1 Å². The van der Waals surface area contributed by atoms with Crippen molar-refractivity contribution in [2.45, 2.75) is 31.0 Å². The molecule has 2 saturated heterocycles. The Morgan fingerprint density at radius 1 is 0.935 bits per heavy atom. The van der Waals surface area contributed by atoms with E-state index in [4.69, 9.17) is 9.47 Å². The highest BCUT2D eigenvalue weighted by Crippen LogP contribution is 2.31. The van der Waals surface area contributed by atoms with Gasteiger partial charge >= 0.3 is 0 Å². The molecule has 1 N–H and O–H groups in total. The number of fused-ring (bicyclic) bond motifs is 1. The van der Waals surface area contributed by atoms with Crippen LogP contribution < -0.4 is 10.1 Å². The lowest BCUT2D eigenvalue weighted by atomic mass is 10.2. The third-order valence-corrected chi connectivity index (χ3v) is 9.32. The Labute approximate surface area is 182 Å². The van der Waals surface area contributed by atoms with Crippen molar-refractivity contribution in [3.05, 3.63) is 18.2 Å². The second-order valence-electron chi connectivity index (χ2n) is 7.88. The Balaban J connectivity index is 1.46. The van der Waals surface area contributed by atoms with Gasteiger partial charge in [-0.25, -0.2) is 8.42 Å². The SMILES string of the molecule is CC1CN(S(=O)(=O)N2CCN(S(=O)(=O)c3ccc4c(c3)NC(=O)CO4)CC2)CC(C)O1. The van der Waals surface area contributed by atoms with Gasteiger partial charge in [-0.3, -0.25) is 4.79 Å². The van der Waals surface area contributed by atoms with Crippen molar-refractivity contribution >= 4 is 31.8 Å². The number of morpholine rings is 1. The Morgan fingerprint density at radius 2 is 1.55 bits per heavy atom. The highest BCUT2D eigenvalue weighted by molar-refractivity contribution is 7.89. The van der Waals surface area contributed by atoms with Crippen LogP contribution in [0.15, 0.2) is 23.1 Å². The predicted molar refractivity (Wildman–Crippen MR) is 111 cm³/mol. The van der Waals surface area contributed by atoms with E-state index < -0.39 is 20.2 Å². The molecule has 0 aliphatic carbocycles. The third kappa shape index (κ3) is 4.43. The van der Waals surface area contributed by atoms with E-state index in [-0.39, 0.29) is 68.9 Å². The van der Waals surface area contributed by atoms with Crippen molar-refractivity contribution in [2.24, 2.45) is 0 Å². The molecule has 3 aliphatic rings. The lowest BCUT2D eigenvalue weighted by Gasteiger charge is -2.40. The van der Waals surface area contributed by atoms with Gasteiger partial charge in [-0.1, -0.05) is 0 Å². The maximum absolute atomic E-state index is 13.1. The number of benzene rings is 1. The fourth-order valence-corrected chi connectivity index (χ4v) is 7.19. The van der Waals surface area contributed by atoms with Gasteiger partial charge in [-0.05, 0) is 32.0 Å². The fourth-order valence-electron chi connectivity index (χ4n) is 3.99. The van der Waals surface area contributed by atoms with Crippen LogP contribution in [-0.4, -0.2) is 93.7 Å². The van der Waals surface area contributed by atoms with Crippen LogP contribution in [0.25, 0.3) is 0 Å². The molecular formula is C18H26N4O7S2. The molecule has 3 heterocycles. The summed E-state index contributed by atoms with van der Waals surface area (Å²) in [6, 6.07) is 4.29. The second-order valence-corrected chi connectivity index (χ2v) is 11.7. The normalized spacial score (nSPS) is 26.7. The molecule has 0 bridgehead atoms. The van der Waals surface area contributed by atoms with E-state index in [9.17, 15) is 21.6 Å². The van der Waals surface area contributed by atoms with Gasteiger partial charge in [0.15, 0.2) is 6.61 Å². The van der Waals surface area contributed by atoms with Crippen LogP contribution in [0.4, 0.5) is 5.69 Å². The average molecular weight is 475 g/mol. The minimum atomic E-state index is -3.85. The first kappa shape index (κ1) is 22.4. The van der Waals surface area contributed by atoms with Gasteiger partial charge in [0.05, 0.1) is 22.8 Å². The van der Waals surface area contributed by atoms with E-state index in [2.05, 4.69) is 5.32 Å². The lowest BCUT2D eigenvalue weighted by molar-refractivity contribution is -0.118. The van der Waals surface area contributed by atoms with Crippen LogP contribution in [0, 0.1) is 0 Å². The summed E-state index contributed by atoms with van der Waals surface area (Å²) in [5.41, 5.74) is 0.300. The molecule has 2 unspecified atom stereocenters.